The lowest BCUT2D eigenvalue weighted by atomic mass is 10.1. The monoisotopic (exact) mass is 386 g/mol. The number of nitrogens with zero attached hydrogens (tertiary/aromatic N) is 1. The molecule has 0 aliphatic carbocycles. The Morgan fingerprint density at radius 3 is 2.15 bits per heavy atom. The Morgan fingerprint density at radius 1 is 0.926 bits per heavy atom. The van der Waals surface area contributed by atoms with Crippen molar-refractivity contribution in [3.05, 3.63) is 59.2 Å². The molecule has 0 atom stereocenters. The van der Waals surface area contributed by atoms with Crippen molar-refractivity contribution in [2.24, 2.45) is 0 Å². The summed E-state index contributed by atoms with van der Waals surface area (Å²) < 4.78 is 27.9. The molecule has 0 spiro atoms. The Kier molecular flexibility index (Phi) is 5.85. The molecule has 5 nitrogen and oxygen atoms in total. The highest BCUT2D eigenvalue weighted by molar-refractivity contribution is 7.92. The normalized spacial score (nSPS) is 15.3. The molecule has 0 unspecified atom stereocenters. The number of benzene rings is 2. The number of hydrogen-bond donors (Lipinski definition) is 1. The summed E-state index contributed by atoms with van der Waals surface area (Å²) in [5.74, 6) is -0.0248. The van der Waals surface area contributed by atoms with Gasteiger partial charge in [-0.25, -0.2) is 8.42 Å². The number of rotatable bonds is 4. The quantitative estimate of drug-likeness (QED) is 0.859. The second-order valence-corrected chi connectivity index (χ2v) is 8.84. The SMILES string of the molecule is Cc1ccc(NS(=O)(=O)c2ccc(C(=O)N3CCCCCC3)cc2)c(C)c1. The van der Waals surface area contributed by atoms with Crippen LogP contribution in [-0.2, 0) is 10.0 Å². The van der Waals surface area contributed by atoms with Crippen molar-refractivity contribution in [2.45, 2.75) is 44.4 Å². The van der Waals surface area contributed by atoms with Crippen LogP contribution in [0.2, 0.25) is 0 Å². The average Bonchev–Trinajstić information content (AvgIpc) is 2.93. The molecule has 2 aromatic carbocycles. The van der Waals surface area contributed by atoms with Crippen molar-refractivity contribution in [2.75, 3.05) is 17.8 Å². The molecule has 0 aromatic heterocycles. The van der Waals surface area contributed by atoms with E-state index in [9.17, 15) is 13.2 Å². The first-order chi connectivity index (χ1) is 12.9. The van der Waals surface area contributed by atoms with Gasteiger partial charge >= 0.3 is 0 Å². The first kappa shape index (κ1) is 19.4. The molecule has 1 aliphatic heterocycles. The molecular formula is C21H26N2O3S. The van der Waals surface area contributed by atoms with Crippen LogP contribution in [0.1, 0.15) is 47.2 Å². The van der Waals surface area contributed by atoms with Gasteiger partial charge in [0.25, 0.3) is 15.9 Å². The van der Waals surface area contributed by atoms with Gasteiger partial charge in [-0.05, 0) is 62.6 Å². The summed E-state index contributed by atoms with van der Waals surface area (Å²) in [6.45, 7) is 5.37. The van der Waals surface area contributed by atoms with E-state index < -0.39 is 10.0 Å². The van der Waals surface area contributed by atoms with Crippen LogP contribution in [0.25, 0.3) is 0 Å². The molecule has 0 bridgehead atoms. The van der Waals surface area contributed by atoms with Crippen LogP contribution in [0.4, 0.5) is 5.69 Å². The molecule has 144 valence electrons. The Bertz CT molecular complexity index is 913. The van der Waals surface area contributed by atoms with Gasteiger partial charge in [0.2, 0.25) is 0 Å². The standard InChI is InChI=1S/C21H26N2O3S/c1-16-7-12-20(17(2)15-16)22-27(25,26)19-10-8-18(9-11-19)21(24)23-13-5-3-4-6-14-23/h7-12,15,22H,3-6,13-14H2,1-2H3. The van der Waals surface area contributed by atoms with Crippen molar-refractivity contribution >= 4 is 21.6 Å². The van der Waals surface area contributed by atoms with E-state index in [2.05, 4.69) is 4.72 Å². The smallest absolute Gasteiger partial charge is 0.261 e. The van der Waals surface area contributed by atoms with Crippen molar-refractivity contribution in [1.82, 2.24) is 4.90 Å². The number of likely N-dealkylation sites (tertiary alicyclic amines) is 1. The lowest BCUT2D eigenvalue weighted by molar-refractivity contribution is 0.0761. The zero-order valence-electron chi connectivity index (χ0n) is 15.9. The fourth-order valence-electron chi connectivity index (χ4n) is 3.36. The molecule has 2 aromatic rings. The third-order valence-electron chi connectivity index (χ3n) is 4.93. The van der Waals surface area contributed by atoms with Crippen molar-refractivity contribution in [3.8, 4) is 0 Å². The van der Waals surface area contributed by atoms with E-state index in [-0.39, 0.29) is 10.8 Å². The van der Waals surface area contributed by atoms with Crippen LogP contribution in [0.5, 0.6) is 0 Å². The number of sulfonamides is 1. The predicted molar refractivity (Wildman–Crippen MR) is 108 cm³/mol. The van der Waals surface area contributed by atoms with Crippen LogP contribution in [0, 0.1) is 13.8 Å². The van der Waals surface area contributed by atoms with E-state index in [1.165, 1.54) is 12.1 Å². The minimum Gasteiger partial charge on any atom is -0.339 e. The van der Waals surface area contributed by atoms with Crippen LogP contribution >= 0.6 is 0 Å². The van der Waals surface area contributed by atoms with Crippen LogP contribution < -0.4 is 4.72 Å². The van der Waals surface area contributed by atoms with E-state index in [1.54, 1.807) is 18.2 Å². The second-order valence-electron chi connectivity index (χ2n) is 7.15. The Balaban J connectivity index is 1.76. The highest BCUT2D eigenvalue weighted by Gasteiger charge is 2.19. The molecular weight excluding hydrogens is 360 g/mol. The summed E-state index contributed by atoms with van der Waals surface area (Å²) in [6.07, 6.45) is 4.37. The molecule has 1 amide bonds. The van der Waals surface area contributed by atoms with E-state index in [0.717, 1.165) is 49.9 Å². The fourth-order valence-corrected chi connectivity index (χ4v) is 4.50. The van der Waals surface area contributed by atoms with E-state index in [0.29, 0.717) is 11.3 Å². The molecule has 1 N–H and O–H groups in total. The zero-order chi connectivity index (χ0) is 19.4. The third-order valence-corrected chi connectivity index (χ3v) is 6.31. The maximum Gasteiger partial charge on any atom is 0.261 e. The topological polar surface area (TPSA) is 66.5 Å². The van der Waals surface area contributed by atoms with Gasteiger partial charge in [0.1, 0.15) is 0 Å². The highest BCUT2D eigenvalue weighted by Crippen LogP contribution is 2.21. The number of carbonyl (C=O) groups is 1. The molecule has 3 rings (SSSR count). The molecule has 1 heterocycles. The first-order valence-electron chi connectivity index (χ1n) is 9.36. The minimum absolute atomic E-state index is 0.0248. The van der Waals surface area contributed by atoms with Crippen molar-refractivity contribution in [3.63, 3.8) is 0 Å². The molecule has 6 heteroatoms. The molecule has 1 saturated heterocycles. The molecule has 27 heavy (non-hydrogen) atoms. The number of amides is 1. The van der Waals surface area contributed by atoms with Crippen molar-refractivity contribution in [1.29, 1.82) is 0 Å². The lowest BCUT2D eigenvalue weighted by Gasteiger charge is -2.20. The van der Waals surface area contributed by atoms with Crippen LogP contribution in [0.15, 0.2) is 47.4 Å². The minimum atomic E-state index is -3.70. The zero-order valence-corrected chi connectivity index (χ0v) is 16.7. The van der Waals surface area contributed by atoms with Gasteiger partial charge in [-0.15, -0.1) is 0 Å². The van der Waals surface area contributed by atoms with E-state index in [1.807, 2.05) is 30.9 Å². The van der Waals surface area contributed by atoms with E-state index in [4.69, 9.17) is 0 Å². The number of anilines is 1. The molecule has 1 aliphatic rings. The van der Waals surface area contributed by atoms with Crippen LogP contribution in [-0.4, -0.2) is 32.3 Å². The fraction of sp³-hybridized carbons (Fsp3) is 0.381. The summed E-state index contributed by atoms with van der Waals surface area (Å²) >= 11 is 0. The van der Waals surface area contributed by atoms with Crippen LogP contribution in [0.3, 0.4) is 0 Å². The lowest BCUT2D eigenvalue weighted by Crippen LogP contribution is -2.31. The van der Waals surface area contributed by atoms with E-state index >= 15 is 0 Å². The third kappa shape index (κ3) is 4.69. The summed E-state index contributed by atoms with van der Waals surface area (Å²) in [5.41, 5.74) is 3.03. The van der Waals surface area contributed by atoms with Gasteiger partial charge in [0.15, 0.2) is 0 Å². The number of aryl methyl sites for hydroxylation is 2. The second kappa shape index (κ2) is 8.13. The van der Waals surface area contributed by atoms with Gasteiger partial charge in [-0.3, -0.25) is 9.52 Å². The van der Waals surface area contributed by atoms with Crippen molar-refractivity contribution < 1.29 is 13.2 Å². The molecule has 0 radical (unpaired) electrons. The van der Waals surface area contributed by atoms with Gasteiger partial charge < -0.3 is 4.90 Å². The van der Waals surface area contributed by atoms with Gasteiger partial charge in [0.05, 0.1) is 10.6 Å². The van der Waals surface area contributed by atoms with Gasteiger partial charge in [-0.2, -0.15) is 0 Å². The molecule has 0 saturated carbocycles. The maximum absolute atomic E-state index is 12.7. The summed E-state index contributed by atoms with van der Waals surface area (Å²) in [6, 6.07) is 11.8. The number of hydrogen-bond acceptors (Lipinski definition) is 3. The number of nitrogens with one attached hydrogen (secondary N) is 1. The summed E-state index contributed by atoms with van der Waals surface area (Å²) in [4.78, 5) is 14.7. The van der Waals surface area contributed by atoms with Gasteiger partial charge in [0, 0.05) is 18.7 Å². The first-order valence-corrected chi connectivity index (χ1v) is 10.8. The summed E-state index contributed by atoms with van der Waals surface area (Å²) in [7, 11) is -3.70. The highest BCUT2D eigenvalue weighted by atomic mass is 32.2. The predicted octanol–water partition coefficient (Wildman–Crippen LogP) is 4.12. The largest absolute Gasteiger partial charge is 0.339 e. The molecule has 1 fully saturated rings. The Labute approximate surface area is 161 Å². The van der Waals surface area contributed by atoms with Gasteiger partial charge in [-0.1, -0.05) is 30.5 Å². The maximum atomic E-state index is 12.7. The number of carbonyl (C=O) groups excluding carboxylic acids is 1. The average molecular weight is 387 g/mol. The Morgan fingerprint density at radius 2 is 1.56 bits per heavy atom. The summed E-state index contributed by atoms with van der Waals surface area (Å²) in [5, 5.41) is 0. The Hall–Kier alpha value is -2.34.